The van der Waals surface area contributed by atoms with Gasteiger partial charge in [0.25, 0.3) is 5.91 Å². The molecule has 0 N–H and O–H groups in total. The second kappa shape index (κ2) is 7.82. The quantitative estimate of drug-likeness (QED) is 0.635. The van der Waals surface area contributed by atoms with Crippen LogP contribution in [-0.4, -0.2) is 27.6 Å². The Morgan fingerprint density at radius 3 is 2.55 bits per heavy atom. The maximum atomic E-state index is 13.0. The zero-order chi connectivity index (χ0) is 21.3. The molecule has 0 bridgehead atoms. The van der Waals surface area contributed by atoms with Gasteiger partial charge in [0.15, 0.2) is 5.69 Å². The van der Waals surface area contributed by atoms with E-state index in [2.05, 4.69) is 5.10 Å². The average Bonchev–Trinajstić information content (AvgIpc) is 3.05. The van der Waals surface area contributed by atoms with Crippen LogP contribution >= 0.6 is 11.3 Å². The minimum absolute atomic E-state index is 0.114. The summed E-state index contributed by atoms with van der Waals surface area (Å²) < 4.78 is 40.3. The number of hydrogen-bond donors (Lipinski definition) is 0. The summed E-state index contributed by atoms with van der Waals surface area (Å²) >= 11 is 1.50. The van der Waals surface area contributed by atoms with E-state index in [4.69, 9.17) is 0 Å². The van der Waals surface area contributed by atoms with Crippen LogP contribution in [0.1, 0.15) is 32.2 Å². The molecule has 0 unspecified atom stereocenters. The topological polar surface area (TPSA) is 55.2 Å². The molecule has 0 saturated heterocycles. The molecule has 3 rings (SSSR count). The summed E-state index contributed by atoms with van der Waals surface area (Å²) in [4.78, 5) is 27.5. The molecule has 0 aliphatic rings. The molecule has 0 aliphatic heterocycles. The molecule has 0 aliphatic carbocycles. The third-order valence-corrected chi connectivity index (χ3v) is 5.43. The standard InChI is InChI=1S/C20H18F3N3O2S/c1-12-7-8-29-17(12)11-25(3)19(28)18-16(27)9-13(2)26(24-18)15-6-4-5-14(10-15)20(21,22)23/h4-10H,11H2,1-3H3. The monoisotopic (exact) mass is 421 g/mol. The SMILES string of the molecule is Cc1ccsc1CN(C)C(=O)c1nn(-c2cccc(C(F)(F)F)c2)c(C)cc1=O. The van der Waals surface area contributed by atoms with Crippen molar-refractivity contribution in [3.05, 3.63) is 79.4 Å². The minimum atomic E-state index is -4.51. The van der Waals surface area contributed by atoms with Crippen molar-refractivity contribution in [2.75, 3.05) is 7.05 Å². The lowest BCUT2D eigenvalue weighted by Gasteiger charge is -2.18. The minimum Gasteiger partial charge on any atom is -0.335 e. The van der Waals surface area contributed by atoms with Gasteiger partial charge >= 0.3 is 6.18 Å². The van der Waals surface area contributed by atoms with Crippen molar-refractivity contribution < 1.29 is 18.0 Å². The average molecular weight is 421 g/mol. The summed E-state index contributed by atoms with van der Waals surface area (Å²) in [6.45, 7) is 3.78. The smallest absolute Gasteiger partial charge is 0.335 e. The lowest BCUT2D eigenvalue weighted by atomic mass is 10.2. The van der Waals surface area contributed by atoms with Gasteiger partial charge in [-0.25, -0.2) is 4.68 Å². The Kier molecular flexibility index (Phi) is 5.61. The molecular formula is C20H18F3N3O2S. The number of carbonyl (C=O) groups excluding carboxylic acids is 1. The van der Waals surface area contributed by atoms with E-state index in [0.717, 1.165) is 22.6 Å². The molecule has 1 aromatic carbocycles. The summed E-state index contributed by atoms with van der Waals surface area (Å²) in [6.07, 6.45) is -4.51. The highest BCUT2D eigenvalue weighted by Crippen LogP contribution is 2.30. The third kappa shape index (κ3) is 4.40. The lowest BCUT2D eigenvalue weighted by Crippen LogP contribution is -2.33. The Labute approximate surface area is 169 Å². The summed E-state index contributed by atoms with van der Waals surface area (Å²) in [5.41, 5.74) is -0.290. The van der Waals surface area contributed by atoms with Crippen molar-refractivity contribution in [3.8, 4) is 5.69 Å². The van der Waals surface area contributed by atoms with E-state index in [0.29, 0.717) is 12.2 Å². The van der Waals surface area contributed by atoms with Crippen LogP contribution in [0.4, 0.5) is 13.2 Å². The molecule has 0 spiro atoms. The van der Waals surface area contributed by atoms with Gasteiger partial charge in [0, 0.05) is 23.7 Å². The molecule has 3 aromatic rings. The van der Waals surface area contributed by atoms with Crippen LogP contribution in [0.5, 0.6) is 0 Å². The Hall–Kier alpha value is -2.94. The number of halogens is 3. The first-order valence-electron chi connectivity index (χ1n) is 8.65. The first-order chi connectivity index (χ1) is 13.6. The van der Waals surface area contributed by atoms with Crippen LogP contribution in [0.25, 0.3) is 5.69 Å². The fourth-order valence-corrected chi connectivity index (χ4v) is 3.76. The zero-order valence-corrected chi connectivity index (χ0v) is 16.8. The highest BCUT2D eigenvalue weighted by Gasteiger charge is 2.30. The number of aryl methyl sites for hydroxylation is 2. The van der Waals surface area contributed by atoms with Crippen LogP contribution in [-0.2, 0) is 12.7 Å². The molecule has 152 valence electrons. The molecule has 0 radical (unpaired) electrons. The molecule has 9 heteroatoms. The number of carbonyl (C=O) groups is 1. The van der Waals surface area contributed by atoms with E-state index < -0.39 is 23.1 Å². The summed E-state index contributed by atoms with van der Waals surface area (Å²) in [5.74, 6) is -0.594. The van der Waals surface area contributed by atoms with Gasteiger partial charge in [-0.3, -0.25) is 9.59 Å². The largest absolute Gasteiger partial charge is 0.416 e. The Balaban J connectivity index is 1.99. The maximum Gasteiger partial charge on any atom is 0.416 e. The number of thiophene rings is 1. The number of nitrogens with zero attached hydrogens (tertiary/aromatic N) is 3. The first kappa shape index (κ1) is 20.8. The van der Waals surface area contributed by atoms with Crippen LogP contribution < -0.4 is 5.43 Å². The van der Waals surface area contributed by atoms with Crippen molar-refractivity contribution >= 4 is 17.2 Å². The van der Waals surface area contributed by atoms with Crippen LogP contribution in [0.15, 0.2) is 46.6 Å². The van der Waals surface area contributed by atoms with Crippen molar-refractivity contribution in [2.45, 2.75) is 26.6 Å². The third-order valence-electron chi connectivity index (χ3n) is 4.42. The van der Waals surface area contributed by atoms with Gasteiger partial charge in [0.1, 0.15) is 0 Å². The first-order valence-corrected chi connectivity index (χ1v) is 9.53. The van der Waals surface area contributed by atoms with Crippen LogP contribution in [0, 0.1) is 13.8 Å². The van der Waals surface area contributed by atoms with Crippen molar-refractivity contribution in [2.24, 2.45) is 0 Å². The molecule has 29 heavy (non-hydrogen) atoms. The second-order valence-corrected chi connectivity index (χ2v) is 7.65. The Bertz CT molecular complexity index is 1120. The van der Waals surface area contributed by atoms with Gasteiger partial charge < -0.3 is 4.90 Å². The van der Waals surface area contributed by atoms with E-state index in [-0.39, 0.29) is 11.4 Å². The molecule has 0 saturated carbocycles. The van der Waals surface area contributed by atoms with E-state index in [1.165, 1.54) is 39.1 Å². The van der Waals surface area contributed by atoms with Gasteiger partial charge in [-0.2, -0.15) is 18.3 Å². The number of hydrogen-bond acceptors (Lipinski definition) is 4. The van der Waals surface area contributed by atoms with Gasteiger partial charge in [-0.05, 0) is 49.1 Å². The van der Waals surface area contributed by atoms with Crippen LogP contribution in [0.2, 0.25) is 0 Å². The molecule has 0 atom stereocenters. The predicted octanol–water partition coefficient (Wildman–Crippen LogP) is 4.20. The number of rotatable bonds is 4. The Morgan fingerprint density at radius 2 is 1.93 bits per heavy atom. The van der Waals surface area contributed by atoms with Gasteiger partial charge in [-0.1, -0.05) is 6.07 Å². The fourth-order valence-electron chi connectivity index (χ4n) is 2.80. The van der Waals surface area contributed by atoms with Crippen molar-refractivity contribution in [1.82, 2.24) is 14.7 Å². The van der Waals surface area contributed by atoms with Gasteiger partial charge in [-0.15, -0.1) is 11.3 Å². The zero-order valence-electron chi connectivity index (χ0n) is 15.9. The molecule has 0 fully saturated rings. The molecule has 5 nitrogen and oxygen atoms in total. The molecule has 1 amide bonds. The maximum absolute atomic E-state index is 13.0. The van der Waals surface area contributed by atoms with E-state index in [1.54, 1.807) is 14.0 Å². The molecular weight excluding hydrogens is 403 g/mol. The molecule has 2 aromatic heterocycles. The van der Waals surface area contributed by atoms with E-state index in [9.17, 15) is 22.8 Å². The molecule has 2 heterocycles. The number of alkyl halides is 3. The van der Waals surface area contributed by atoms with E-state index >= 15 is 0 Å². The number of aromatic nitrogens is 2. The van der Waals surface area contributed by atoms with E-state index in [1.807, 2.05) is 18.4 Å². The second-order valence-electron chi connectivity index (χ2n) is 6.65. The number of benzene rings is 1. The Morgan fingerprint density at radius 1 is 1.21 bits per heavy atom. The highest BCUT2D eigenvalue weighted by atomic mass is 32.1. The van der Waals surface area contributed by atoms with Crippen LogP contribution in [0.3, 0.4) is 0 Å². The summed E-state index contributed by atoms with van der Waals surface area (Å²) in [5, 5.41) is 6.00. The normalized spacial score (nSPS) is 11.5. The number of amides is 1. The van der Waals surface area contributed by atoms with Crippen molar-refractivity contribution in [1.29, 1.82) is 0 Å². The highest BCUT2D eigenvalue weighted by molar-refractivity contribution is 7.10. The van der Waals surface area contributed by atoms with Gasteiger partial charge in [0.2, 0.25) is 5.43 Å². The fraction of sp³-hybridized carbons (Fsp3) is 0.250. The summed E-state index contributed by atoms with van der Waals surface area (Å²) in [6, 6.07) is 7.70. The summed E-state index contributed by atoms with van der Waals surface area (Å²) in [7, 11) is 1.55. The predicted molar refractivity (Wildman–Crippen MR) is 104 cm³/mol. The lowest BCUT2D eigenvalue weighted by molar-refractivity contribution is -0.137. The van der Waals surface area contributed by atoms with Gasteiger partial charge in [0.05, 0.1) is 17.8 Å². The van der Waals surface area contributed by atoms with Crippen molar-refractivity contribution in [3.63, 3.8) is 0 Å².